The van der Waals surface area contributed by atoms with E-state index < -0.39 is 0 Å². The van der Waals surface area contributed by atoms with E-state index in [2.05, 4.69) is 17.3 Å². The Labute approximate surface area is 119 Å². The van der Waals surface area contributed by atoms with Crippen molar-refractivity contribution in [2.75, 3.05) is 27.2 Å². The molecule has 1 saturated heterocycles. The molecule has 2 rings (SSSR count). The van der Waals surface area contributed by atoms with Crippen LogP contribution in [0.5, 0.6) is 0 Å². The first kappa shape index (κ1) is 14.8. The number of benzene rings is 1. The zero-order chi connectivity index (χ0) is 13.8. The Kier molecular flexibility index (Phi) is 5.20. The Bertz CT molecular complexity index is 425. The number of halogens is 2. The lowest BCUT2D eigenvalue weighted by Gasteiger charge is -2.33. The Morgan fingerprint density at radius 2 is 2.21 bits per heavy atom. The molecule has 2 atom stereocenters. The SMILES string of the molecule is CNCC1CCCCN(C)C1c1ccc(Cl)c(F)c1. The van der Waals surface area contributed by atoms with E-state index in [-0.39, 0.29) is 16.9 Å². The Morgan fingerprint density at radius 3 is 2.89 bits per heavy atom. The first-order valence-electron chi connectivity index (χ1n) is 6.93. The molecule has 1 fully saturated rings. The fourth-order valence-corrected chi connectivity index (χ4v) is 3.24. The van der Waals surface area contributed by atoms with Gasteiger partial charge in [-0.15, -0.1) is 0 Å². The van der Waals surface area contributed by atoms with Crippen molar-refractivity contribution in [2.24, 2.45) is 5.92 Å². The van der Waals surface area contributed by atoms with Gasteiger partial charge in [0, 0.05) is 6.04 Å². The van der Waals surface area contributed by atoms with Crippen LogP contribution in [0.15, 0.2) is 18.2 Å². The maximum Gasteiger partial charge on any atom is 0.142 e. The van der Waals surface area contributed by atoms with Crippen LogP contribution in [0.4, 0.5) is 4.39 Å². The summed E-state index contributed by atoms with van der Waals surface area (Å²) < 4.78 is 13.7. The van der Waals surface area contributed by atoms with Crippen LogP contribution in [0.3, 0.4) is 0 Å². The molecule has 0 saturated carbocycles. The van der Waals surface area contributed by atoms with Gasteiger partial charge >= 0.3 is 0 Å². The average Bonchev–Trinajstić information content (AvgIpc) is 2.56. The number of hydrogen-bond donors (Lipinski definition) is 1. The third kappa shape index (κ3) is 3.47. The van der Waals surface area contributed by atoms with Gasteiger partial charge in [0.25, 0.3) is 0 Å². The van der Waals surface area contributed by atoms with Gasteiger partial charge in [-0.2, -0.15) is 0 Å². The molecule has 1 aromatic carbocycles. The highest BCUT2D eigenvalue weighted by atomic mass is 35.5. The largest absolute Gasteiger partial charge is 0.319 e. The molecule has 2 nitrogen and oxygen atoms in total. The van der Waals surface area contributed by atoms with Crippen LogP contribution in [0.2, 0.25) is 5.02 Å². The van der Waals surface area contributed by atoms with E-state index in [0.29, 0.717) is 5.92 Å². The van der Waals surface area contributed by atoms with Crippen molar-refractivity contribution in [2.45, 2.75) is 25.3 Å². The predicted octanol–water partition coefficient (Wildman–Crippen LogP) is 3.47. The van der Waals surface area contributed by atoms with E-state index in [1.807, 2.05) is 13.1 Å². The summed E-state index contributed by atoms with van der Waals surface area (Å²) in [7, 11) is 4.11. The summed E-state index contributed by atoms with van der Waals surface area (Å²) in [6.45, 7) is 2.02. The monoisotopic (exact) mass is 284 g/mol. The second kappa shape index (κ2) is 6.69. The summed E-state index contributed by atoms with van der Waals surface area (Å²) in [5, 5.41) is 3.46. The lowest BCUT2D eigenvalue weighted by atomic mass is 9.89. The van der Waals surface area contributed by atoms with Gasteiger partial charge in [-0.3, -0.25) is 4.90 Å². The summed E-state index contributed by atoms with van der Waals surface area (Å²) in [5.41, 5.74) is 1.03. The molecule has 2 unspecified atom stereocenters. The molecular formula is C15H22ClFN2. The van der Waals surface area contributed by atoms with Crippen molar-refractivity contribution < 1.29 is 4.39 Å². The van der Waals surface area contributed by atoms with Crippen LogP contribution >= 0.6 is 11.6 Å². The molecule has 1 aromatic rings. The molecule has 4 heteroatoms. The second-order valence-corrected chi connectivity index (χ2v) is 5.82. The highest BCUT2D eigenvalue weighted by molar-refractivity contribution is 6.30. The average molecular weight is 285 g/mol. The van der Waals surface area contributed by atoms with Crippen molar-refractivity contribution in [3.8, 4) is 0 Å². The normalized spacial score (nSPS) is 25.3. The van der Waals surface area contributed by atoms with Crippen LogP contribution in [-0.4, -0.2) is 32.1 Å². The van der Waals surface area contributed by atoms with E-state index in [9.17, 15) is 4.39 Å². The van der Waals surface area contributed by atoms with Gasteiger partial charge in [0.2, 0.25) is 0 Å². The van der Waals surface area contributed by atoms with Crippen molar-refractivity contribution in [1.29, 1.82) is 0 Å². The van der Waals surface area contributed by atoms with E-state index >= 15 is 0 Å². The molecule has 1 N–H and O–H groups in total. The molecule has 0 radical (unpaired) electrons. The van der Waals surface area contributed by atoms with E-state index in [1.54, 1.807) is 12.1 Å². The summed E-state index contributed by atoms with van der Waals surface area (Å²) in [6, 6.07) is 5.49. The van der Waals surface area contributed by atoms with Crippen molar-refractivity contribution in [3.05, 3.63) is 34.6 Å². The fourth-order valence-electron chi connectivity index (χ4n) is 3.12. The molecule has 0 aromatic heterocycles. The van der Waals surface area contributed by atoms with Gasteiger partial charge in [-0.25, -0.2) is 4.39 Å². The molecule has 0 spiro atoms. The molecule has 0 aliphatic carbocycles. The van der Waals surface area contributed by atoms with E-state index in [4.69, 9.17) is 11.6 Å². The third-order valence-corrected chi connectivity index (χ3v) is 4.32. The Balaban J connectivity index is 2.31. The standard InChI is InChI=1S/C15H22ClFN2/c1-18-10-12-5-3-4-8-19(2)15(12)11-6-7-13(16)14(17)9-11/h6-7,9,12,15,18H,3-5,8,10H2,1-2H3. The molecular weight excluding hydrogens is 263 g/mol. The van der Waals surface area contributed by atoms with Gasteiger partial charge in [-0.05, 0) is 63.6 Å². The zero-order valence-corrected chi connectivity index (χ0v) is 12.4. The lowest BCUT2D eigenvalue weighted by Crippen LogP contribution is -2.34. The zero-order valence-electron chi connectivity index (χ0n) is 11.6. The number of rotatable bonds is 3. The molecule has 0 bridgehead atoms. The molecule has 1 aliphatic heterocycles. The fraction of sp³-hybridized carbons (Fsp3) is 0.600. The van der Waals surface area contributed by atoms with E-state index in [0.717, 1.165) is 18.7 Å². The minimum Gasteiger partial charge on any atom is -0.319 e. The lowest BCUT2D eigenvalue weighted by molar-refractivity contribution is 0.190. The molecule has 19 heavy (non-hydrogen) atoms. The number of likely N-dealkylation sites (tertiary alicyclic amines) is 1. The highest BCUT2D eigenvalue weighted by Gasteiger charge is 2.28. The van der Waals surface area contributed by atoms with Crippen LogP contribution < -0.4 is 5.32 Å². The third-order valence-electron chi connectivity index (χ3n) is 4.01. The molecule has 106 valence electrons. The first-order valence-corrected chi connectivity index (χ1v) is 7.31. The van der Waals surface area contributed by atoms with Crippen LogP contribution in [0.1, 0.15) is 30.9 Å². The maximum atomic E-state index is 13.7. The second-order valence-electron chi connectivity index (χ2n) is 5.41. The van der Waals surface area contributed by atoms with Crippen LogP contribution in [0, 0.1) is 11.7 Å². The molecule has 0 amide bonds. The van der Waals surface area contributed by atoms with Crippen molar-refractivity contribution in [3.63, 3.8) is 0 Å². The Morgan fingerprint density at radius 1 is 1.42 bits per heavy atom. The predicted molar refractivity (Wildman–Crippen MR) is 78.0 cm³/mol. The molecule has 1 heterocycles. The topological polar surface area (TPSA) is 15.3 Å². The van der Waals surface area contributed by atoms with Crippen LogP contribution in [0.25, 0.3) is 0 Å². The quantitative estimate of drug-likeness (QED) is 0.914. The summed E-state index contributed by atoms with van der Waals surface area (Å²) in [5.74, 6) is 0.193. The summed E-state index contributed by atoms with van der Waals surface area (Å²) in [6.07, 6.45) is 3.63. The summed E-state index contributed by atoms with van der Waals surface area (Å²) >= 11 is 5.78. The minimum absolute atomic E-state index is 0.199. The van der Waals surface area contributed by atoms with Gasteiger partial charge in [0.15, 0.2) is 0 Å². The maximum absolute atomic E-state index is 13.7. The first-order chi connectivity index (χ1) is 9.13. The van der Waals surface area contributed by atoms with E-state index in [1.165, 1.54) is 19.3 Å². The van der Waals surface area contributed by atoms with Gasteiger partial charge in [0.1, 0.15) is 5.82 Å². The van der Waals surface area contributed by atoms with Crippen molar-refractivity contribution in [1.82, 2.24) is 10.2 Å². The smallest absolute Gasteiger partial charge is 0.142 e. The molecule has 1 aliphatic rings. The van der Waals surface area contributed by atoms with Gasteiger partial charge in [0.05, 0.1) is 5.02 Å². The highest BCUT2D eigenvalue weighted by Crippen LogP contribution is 2.34. The number of nitrogens with one attached hydrogen (secondary N) is 1. The number of nitrogens with zero attached hydrogens (tertiary/aromatic N) is 1. The van der Waals surface area contributed by atoms with Gasteiger partial charge in [-0.1, -0.05) is 24.1 Å². The minimum atomic E-state index is -0.319. The van der Waals surface area contributed by atoms with Gasteiger partial charge < -0.3 is 5.32 Å². The van der Waals surface area contributed by atoms with Crippen LogP contribution in [-0.2, 0) is 0 Å². The number of hydrogen-bond acceptors (Lipinski definition) is 2. The Hall–Kier alpha value is -0.640. The van der Waals surface area contributed by atoms with Crippen molar-refractivity contribution >= 4 is 11.6 Å². The summed E-state index contributed by atoms with van der Waals surface area (Å²) in [4.78, 5) is 2.34.